The molecular weight excluding hydrogens is 344 g/mol. The summed E-state index contributed by atoms with van der Waals surface area (Å²) in [6, 6.07) is 16.9. The number of hydrogen-bond acceptors (Lipinski definition) is 5. The third-order valence-corrected chi connectivity index (χ3v) is 3.99. The van der Waals surface area contributed by atoms with E-state index >= 15 is 0 Å². The summed E-state index contributed by atoms with van der Waals surface area (Å²) in [5.74, 6) is -1.17. The van der Waals surface area contributed by atoms with Crippen molar-refractivity contribution in [3.63, 3.8) is 0 Å². The van der Waals surface area contributed by atoms with E-state index in [1.54, 1.807) is 43.4 Å². The first-order chi connectivity index (χ1) is 12.9. The second-order valence-corrected chi connectivity index (χ2v) is 5.99. The second kappa shape index (κ2) is 9.30. The van der Waals surface area contributed by atoms with Crippen LogP contribution in [0, 0.1) is 11.3 Å². The molecule has 2 rings (SSSR count). The van der Waals surface area contributed by atoms with Gasteiger partial charge < -0.3 is 9.64 Å². The lowest BCUT2D eigenvalue weighted by Gasteiger charge is -2.20. The van der Waals surface area contributed by atoms with Gasteiger partial charge in [0.15, 0.2) is 11.9 Å². The van der Waals surface area contributed by atoms with E-state index in [0.717, 1.165) is 0 Å². The van der Waals surface area contributed by atoms with Crippen LogP contribution in [-0.4, -0.2) is 42.3 Å². The molecule has 0 spiro atoms. The molecule has 6 heteroatoms. The fourth-order valence-electron chi connectivity index (χ4n) is 2.43. The summed E-state index contributed by atoms with van der Waals surface area (Å²) in [5, 5.41) is 8.57. The molecule has 1 amide bonds. The van der Waals surface area contributed by atoms with E-state index in [-0.39, 0.29) is 30.2 Å². The number of hydrogen-bond donors (Lipinski definition) is 0. The largest absolute Gasteiger partial charge is 0.449 e. The van der Waals surface area contributed by atoms with Gasteiger partial charge in [-0.15, -0.1) is 0 Å². The van der Waals surface area contributed by atoms with Gasteiger partial charge in [-0.3, -0.25) is 9.59 Å². The zero-order chi connectivity index (χ0) is 19.8. The zero-order valence-corrected chi connectivity index (χ0v) is 15.2. The molecule has 0 aliphatic heterocycles. The Morgan fingerprint density at radius 1 is 1.00 bits per heavy atom. The number of carbonyl (C=O) groups is 3. The predicted molar refractivity (Wildman–Crippen MR) is 99.1 cm³/mol. The molecule has 0 saturated heterocycles. The molecule has 0 unspecified atom stereocenters. The van der Waals surface area contributed by atoms with Crippen molar-refractivity contribution in [2.75, 3.05) is 13.6 Å². The van der Waals surface area contributed by atoms with Crippen molar-refractivity contribution in [2.24, 2.45) is 0 Å². The van der Waals surface area contributed by atoms with Gasteiger partial charge in [-0.25, -0.2) is 4.79 Å². The molecule has 0 radical (unpaired) electrons. The van der Waals surface area contributed by atoms with Gasteiger partial charge in [0.2, 0.25) is 0 Å². The van der Waals surface area contributed by atoms with Crippen LogP contribution in [0.4, 0.5) is 0 Å². The molecule has 1 atom stereocenters. The van der Waals surface area contributed by atoms with Crippen LogP contribution in [0.2, 0.25) is 0 Å². The van der Waals surface area contributed by atoms with Crippen molar-refractivity contribution >= 4 is 17.7 Å². The molecule has 0 fully saturated rings. The summed E-state index contributed by atoms with van der Waals surface area (Å²) in [5.41, 5.74) is 1.27. The number of carbonyl (C=O) groups excluding carboxylic acids is 3. The SMILES string of the molecule is C[C@H](OC(=O)c1ccc(C(=O)c2ccccc2)cc1)C(=O)N(C)CCC#N. The van der Waals surface area contributed by atoms with E-state index in [2.05, 4.69) is 0 Å². The molecule has 0 saturated carbocycles. The Hall–Kier alpha value is -3.46. The maximum absolute atomic E-state index is 12.4. The van der Waals surface area contributed by atoms with E-state index in [9.17, 15) is 14.4 Å². The smallest absolute Gasteiger partial charge is 0.338 e. The summed E-state index contributed by atoms with van der Waals surface area (Å²) in [6.45, 7) is 1.75. The lowest BCUT2D eigenvalue weighted by Crippen LogP contribution is -2.37. The summed E-state index contributed by atoms with van der Waals surface area (Å²) in [7, 11) is 1.55. The normalized spacial score (nSPS) is 11.1. The first-order valence-corrected chi connectivity index (χ1v) is 8.46. The Bertz CT molecular complexity index is 854. The van der Waals surface area contributed by atoms with Gasteiger partial charge in [0, 0.05) is 24.7 Å². The molecule has 0 aromatic heterocycles. The molecule has 27 heavy (non-hydrogen) atoms. The van der Waals surface area contributed by atoms with Crippen LogP contribution in [0.5, 0.6) is 0 Å². The molecular formula is C21H20N2O4. The summed E-state index contributed by atoms with van der Waals surface area (Å²) >= 11 is 0. The van der Waals surface area contributed by atoms with Crippen LogP contribution < -0.4 is 0 Å². The van der Waals surface area contributed by atoms with Crippen molar-refractivity contribution in [1.29, 1.82) is 5.26 Å². The first-order valence-electron chi connectivity index (χ1n) is 8.46. The van der Waals surface area contributed by atoms with Gasteiger partial charge in [-0.05, 0) is 19.1 Å². The lowest BCUT2D eigenvalue weighted by molar-refractivity contribution is -0.138. The number of benzene rings is 2. The maximum Gasteiger partial charge on any atom is 0.338 e. The minimum absolute atomic E-state index is 0.141. The van der Waals surface area contributed by atoms with Crippen molar-refractivity contribution in [2.45, 2.75) is 19.4 Å². The molecule has 0 bridgehead atoms. The maximum atomic E-state index is 12.4. The molecule has 2 aromatic rings. The highest BCUT2D eigenvalue weighted by Crippen LogP contribution is 2.13. The van der Waals surface area contributed by atoms with Crippen molar-refractivity contribution < 1.29 is 19.1 Å². The highest BCUT2D eigenvalue weighted by Gasteiger charge is 2.22. The summed E-state index contributed by atoms with van der Waals surface area (Å²) < 4.78 is 5.19. The number of nitrogens with zero attached hydrogens (tertiary/aromatic N) is 2. The van der Waals surface area contributed by atoms with E-state index in [1.807, 2.05) is 12.1 Å². The highest BCUT2D eigenvalue weighted by atomic mass is 16.5. The Labute approximate surface area is 158 Å². The van der Waals surface area contributed by atoms with E-state index in [1.165, 1.54) is 24.0 Å². The number of amides is 1. The average Bonchev–Trinajstić information content (AvgIpc) is 2.71. The van der Waals surface area contributed by atoms with Crippen LogP contribution in [0.15, 0.2) is 54.6 Å². The van der Waals surface area contributed by atoms with E-state index in [4.69, 9.17) is 10.00 Å². The number of ketones is 1. The molecule has 2 aromatic carbocycles. The van der Waals surface area contributed by atoms with Gasteiger partial charge in [-0.1, -0.05) is 42.5 Å². The van der Waals surface area contributed by atoms with Gasteiger partial charge in [-0.2, -0.15) is 5.26 Å². The van der Waals surface area contributed by atoms with Gasteiger partial charge in [0.05, 0.1) is 18.1 Å². The molecule has 0 aliphatic rings. The fourth-order valence-corrected chi connectivity index (χ4v) is 2.43. The monoisotopic (exact) mass is 364 g/mol. The van der Waals surface area contributed by atoms with Crippen LogP contribution in [0.1, 0.15) is 39.6 Å². The number of nitriles is 1. The van der Waals surface area contributed by atoms with E-state index < -0.39 is 12.1 Å². The minimum Gasteiger partial charge on any atom is -0.449 e. The van der Waals surface area contributed by atoms with Crippen molar-refractivity contribution in [3.05, 3.63) is 71.3 Å². The highest BCUT2D eigenvalue weighted by molar-refractivity contribution is 6.09. The van der Waals surface area contributed by atoms with Crippen LogP contribution in [0.25, 0.3) is 0 Å². The topological polar surface area (TPSA) is 87.5 Å². The minimum atomic E-state index is -0.966. The standard InChI is InChI=1S/C21H20N2O4/c1-15(20(25)23(2)14-6-13-22)27-21(26)18-11-9-17(10-12-18)19(24)16-7-4-3-5-8-16/h3-5,7-12,15H,6,14H2,1-2H3/t15-/m0/s1. The quantitative estimate of drug-likeness (QED) is 0.557. The Morgan fingerprint density at radius 3 is 2.15 bits per heavy atom. The number of ether oxygens (including phenoxy) is 1. The molecule has 0 heterocycles. The van der Waals surface area contributed by atoms with Gasteiger partial charge in [0.25, 0.3) is 5.91 Å². The Kier molecular flexibility index (Phi) is 6.84. The second-order valence-electron chi connectivity index (χ2n) is 5.99. The number of rotatable bonds is 7. The summed E-state index contributed by atoms with van der Waals surface area (Å²) in [4.78, 5) is 38.0. The molecule has 138 valence electrons. The molecule has 0 N–H and O–H groups in total. The van der Waals surface area contributed by atoms with Crippen molar-refractivity contribution in [1.82, 2.24) is 4.90 Å². The fraction of sp³-hybridized carbons (Fsp3) is 0.238. The zero-order valence-electron chi connectivity index (χ0n) is 15.2. The van der Waals surface area contributed by atoms with E-state index in [0.29, 0.717) is 11.1 Å². The average molecular weight is 364 g/mol. The van der Waals surface area contributed by atoms with Crippen LogP contribution in [0.3, 0.4) is 0 Å². The number of likely N-dealkylation sites (N-methyl/N-ethyl adjacent to an activating group) is 1. The van der Waals surface area contributed by atoms with Gasteiger partial charge >= 0.3 is 5.97 Å². The predicted octanol–water partition coefficient (Wildman–Crippen LogP) is 2.83. The molecule has 6 nitrogen and oxygen atoms in total. The van der Waals surface area contributed by atoms with Crippen molar-refractivity contribution in [3.8, 4) is 6.07 Å². The van der Waals surface area contributed by atoms with Crippen LogP contribution in [-0.2, 0) is 9.53 Å². The first kappa shape index (κ1) is 19.9. The summed E-state index contributed by atoms with van der Waals surface area (Å²) in [6.07, 6.45) is -0.758. The third kappa shape index (κ3) is 5.25. The molecule has 0 aliphatic carbocycles. The lowest BCUT2D eigenvalue weighted by atomic mass is 10.0. The Balaban J connectivity index is 2.00. The third-order valence-electron chi connectivity index (χ3n) is 3.99. The van der Waals surface area contributed by atoms with Gasteiger partial charge in [0.1, 0.15) is 0 Å². The Morgan fingerprint density at radius 2 is 1.56 bits per heavy atom. The number of esters is 1. The van der Waals surface area contributed by atoms with Crippen LogP contribution >= 0.6 is 0 Å².